The van der Waals surface area contributed by atoms with Gasteiger partial charge >= 0.3 is 0 Å². The lowest BCUT2D eigenvalue weighted by Crippen LogP contribution is -2.35. The number of nitrogens with zero attached hydrogens (tertiary/aromatic N) is 3. The van der Waals surface area contributed by atoms with Crippen LogP contribution >= 0.6 is 11.6 Å². The summed E-state index contributed by atoms with van der Waals surface area (Å²) in [5.74, 6) is -0.738. The predicted molar refractivity (Wildman–Crippen MR) is 124 cm³/mol. The maximum atomic E-state index is 14.2. The van der Waals surface area contributed by atoms with Crippen LogP contribution in [0.3, 0.4) is 0 Å². The highest BCUT2D eigenvalue weighted by Gasteiger charge is 2.26. The number of benzene rings is 3. The zero-order valence-electron chi connectivity index (χ0n) is 17.8. The summed E-state index contributed by atoms with van der Waals surface area (Å²) in [5, 5.41) is 1.01. The normalized spacial score (nSPS) is 12.0. The van der Waals surface area contributed by atoms with Gasteiger partial charge in [-0.2, -0.15) is 0 Å². The Kier molecular flexibility index (Phi) is 5.80. The molecule has 0 saturated heterocycles. The summed E-state index contributed by atoms with van der Waals surface area (Å²) in [6.45, 7) is 3.61. The van der Waals surface area contributed by atoms with E-state index in [1.54, 1.807) is 62.5 Å². The van der Waals surface area contributed by atoms with Crippen LogP contribution in [0.4, 0.5) is 4.39 Å². The summed E-state index contributed by atoms with van der Waals surface area (Å²) >= 11 is 6.12. The first-order valence-corrected chi connectivity index (χ1v) is 10.5. The first-order chi connectivity index (χ1) is 15.3. The molecule has 0 aliphatic heterocycles. The number of aryl methyl sites for hydroxylation is 1. The Balaban J connectivity index is 1.92. The average molecular weight is 450 g/mol. The third-order valence-electron chi connectivity index (χ3n) is 5.58. The number of carbonyl (C=O) groups is 1. The van der Waals surface area contributed by atoms with E-state index in [4.69, 9.17) is 16.6 Å². The molecule has 0 spiro atoms. The van der Waals surface area contributed by atoms with Crippen molar-refractivity contribution >= 4 is 28.4 Å². The summed E-state index contributed by atoms with van der Waals surface area (Å²) in [6.07, 6.45) is 0. The monoisotopic (exact) mass is 449 g/mol. The third kappa shape index (κ3) is 3.78. The average Bonchev–Trinajstić information content (AvgIpc) is 2.78. The van der Waals surface area contributed by atoms with E-state index in [1.807, 2.05) is 6.92 Å². The second kappa shape index (κ2) is 8.55. The number of hydrogen-bond donors (Lipinski definition) is 0. The van der Waals surface area contributed by atoms with Gasteiger partial charge in [0.1, 0.15) is 11.6 Å². The molecule has 4 aromatic rings. The molecule has 5 nitrogen and oxygen atoms in total. The van der Waals surface area contributed by atoms with E-state index in [0.717, 1.165) is 5.56 Å². The summed E-state index contributed by atoms with van der Waals surface area (Å²) in [5.41, 5.74) is 1.63. The SMILES string of the molecule is Cc1cc(Cl)ccc1-n1c(C(C)N(C)C(=O)c2ccccc2F)nc2ccccc2c1=O. The molecule has 1 unspecified atom stereocenters. The number of amides is 1. The Bertz CT molecular complexity index is 1400. The van der Waals surface area contributed by atoms with Crippen molar-refractivity contribution in [3.8, 4) is 5.69 Å². The van der Waals surface area contributed by atoms with E-state index in [9.17, 15) is 14.0 Å². The molecule has 1 amide bonds. The fraction of sp³-hybridized carbons (Fsp3) is 0.160. The van der Waals surface area contributed by atoms with E-state index < -0.39 is 17.8 Å². The zero-order chi connectivity index (χ0) is 23.0. The molecule has 1 aromatic heterocycles. The Hall–Kier alpha value is -3.51. The Morgan fingerprint density at radius 2 is 1.78 bits per heavy atom. The fourth-order valence-corrected chi connectivity index (χ4v) is 3.93. The molecule has 0 fully saturated rings. The molecule has 32 heavy (non-hydrogen) atoms. The number of rotatable bonds is 4. The van der Waals surface area contributed by atoms with Crippen LogP contribution in [-0.2, 0) is 0 Å². The number of hydrogen-bond acceptors (Lipinski definition) is 3. The maximum absolute atomic E-state index is 14.2. The summed E-state index contributed by atoms with van der Waals surface area (Å²) in [7, 11) is 1.57. The Morgan fingerprint density at radius 1 is 1.09 bits per heavy atom. The molecule has 1 atom stereocenters. The van der Waals surface area contributed by atoms with Gasteiger partial charge in [0, 0.05) is 12.1 Å². The van der Waals surface area contributed by atoms with Crippen molar-refractivity contribution in [2.75, 3.05) is 7.05 Å². The van der Waals surface area contributed by atoms with E-state index in [0.29, 0.717) is 27.4 Å². The second-order valence-corrected chi connectivity index (χ2v) is 8.07. The van der Waals surface area contributed by atoms with Gasteiger partial charge in [0.15, 0.2) is 0 Å². The molecule has 0 aliphatic carbocycles. The van der Waals surface area contributed by atoms with Crippen LogP contribution in [0.15, 0.2) is 71.5 Å². The van der Waals surface area contributed by atoms with E-state index in [-0.39, 0.29) is 11.1 Å². The molecule has 0 aliphatic rings. The molecular weight excluding hydrogens is 429 g/mol. The van der Waals surface area contributed by atoms with Crippen LogP contribution in [0, 0.1) is 12.7 Å². The van der Waals surface area contributed by atoms with Gasteiger partial charge in [-0.05, 0) is 61.9 Å². The minimum absolute atomic E-state index is 0.0424. The van der Waals surface area contributed by atoms with Crippen LogP contribution in [0.2, 0.25) is 5.02 Å². The van der Waals surface area contributed by atoms with Gasteiger partial charge in [-0.25, -0.2) is 9.37 Å². The third-order valence-corrected chi connectivity index (χ3v) is 5.82. The lowest BCUT2D eigenvalue weighted by molar-refractivity contribution is 0.0730. The summed E-state index contributed by atoms with van der Waals surface area (Å²) in [6, 6.07) is 17.5. The van der Waals surface area contributed by atoms with Crippen LogP contribution in [0.25, 0.3) is 16.6 Å². The van der Waals surface area contributed by atoms with Crippen LogP contribution in [0.1, 0.15) is 34.7 Å². The quantitative estimate of drug-likeness (QED) is 0.423. The minimum Gasteiger partial charge on any atom is -0.332 e. The Labute approximate surface area is 189 Å². The van der Waals surface area contributed by atoms with Crippen molar-refractivity contribution in [1.29, 1.82) is 0 Å². The van der Waals surface area contributed by atoms with Crippen molar-refractivity contribution in [2.45, 2.75) is 19.9 Å². The van der Waals surface area contributed by atoms with E-state index in [1.165, 1.54) is 27.7 Å². The van der Waals surface area contributed by atoms with Gasteiger partial charge in [-0.3, -0.25) is 14.2 Å². The summed E-state index contributed by atoms with van der Waals surface area (Å²) in [4.78, 5) is 32.7. The number of para-hydroxylation sites is 1. The van der Waals surface area contributed by atoms with Crippen LogP contribution < -0.4 is 5.56 Å². The van der Waals surface area contributed by atoms with Crippen molar-refractivity contribution in [2.24, 2.45) is 0 Å². The number of halogens is 2. The molecule has 3 aromatic carbocycles. The van der Waals surface area contributed by atoms with E-state index >= 15 is 0 Å². The van der Waals surface area contributed by atoms with Crippen molar-refractivity contribution in [3.63, 3.8) is 0 Å². The number of carbonyl (C=O) groups excluding carboxylic acids is 1. The molecule has 1 heterocycles. The first kappa shape index (κ1) is 21.7. The predicted octanol–water partition coefficient (Wildman–Crippen LogP) is 5.32. The van der Waals surface area contributed by atoms with Crippen LogP contribution in [-0.4, -0.2) is 27.4 Å². The molecule has 0 radical (unpaired) electrons. The van der Waals surface area contributed by atoms with Gasteiger partial charge in [-0.15, -0.1) is 0 Å². The van der Waals surface area contributed by atoms with Gasteiger partial charge in [-0.1, -0.05) is 35.9 Å². The molecule has 0 bridgehead atoms. The molecule has 0 N–H and O–H groups in total. The fourth-order valence-electron chi connectivity index (χ4n) is 3.71. The lowest BCUT2D eigenvalue weighted by atomic mass is 10.1. The first-order valence-electron chi connectivity index (χ1n) is 10.1. The highest BCUT2D eigenvalue weighted by Crippen LogP contribution is 2.26. The highest BCUT2D eigenvalue weighted by molar-refractivity contribution is 6.30. The van der Waals surface area contributed by atoms with Gasteiger partial charge in [0.25, 0.3) is 11.5 Å². The molecule has 7 heteroatoms. The molecule has 162 valence electrons. The molecular formula is C25H21ClFN3O2. The zero-order valence-corrected chi connectivity index (χ0v) is 18.6. The molecule has 4 rings (SSSR count). The van der Waals surface area contributed by atoms with Gasteiger partial charge in [0.2, 0.25) is 0 Å². The highest BCUT2D eigenvalue weighted by atomic mass is 35.5. The largest absolute Gasteiger partial charge is 0.332 e. The summed E-state index contributed by atoms with van der Waals surface area (Å²) < 4.78 is 15.7. The lowest BCUT2D eigenvalue weighted by Gasteiger charge is -2.27. The van der Waals surface area contributed by atoms with Gasteiger partial charge < -0.3 is 4.90 Å². The van der Waals surface area contributed by atoms with Crippen molar-refractivity contribution in [3.05, 3.63) is 105 Å². The Morgan fingerprint density at radius 3 is 2.50 bits per heavy atom. The number of fused-ring (bicyclic) bond motifs is 1. The maximum Gasteiger partial charge on any atom is 0.266 e. The smallest absolute Gasteiger partial charge is 0.266 e. The van der Waals surface area contributed by atoms with Crippen molar-refractivity contribution < 1.29 is 9.18 Å². The standard InChI is InChI=1S/C25H21ClFN3O2/c1-15-14-17(26)12-13-22(15)30-23(28-21-11-7-5-9-19(21)25(30)32)16(2)29(3)24(31)18-8-4-6-10-20(18)27/h4-14,16H,1-3H3. The molecule has 0 saturated carbocycles. The topological polar surface area (TPSA) is 55.2 Å². The number of aromatic nitrogens is 2. The van der Waals surface area contributed by atoms with Crippen molar-refractivity contribution in [1.82, 2.24) is 14.5 Å². The minimum atomic E-state index is -0.630. The van der Waals surface area contributed by atoms with Crippen LogP contribution in [0.5, 0.6) is 0 Å². The second-order valence-electron chi connectivity index (χ2n) is 7.63. The van der Waals surface area contributed by atoms with E-state index in [2.05, 4.69) is 0 Å². The van der Waals surface area contributed by atoms with Gasteiger partial charge in [0.05, 0.1) is 28.2 Å².